The van der Waals surface area contributed by atoms with Crippen LogP contribution in [-0.4, -0.2) is 45.0 Å². The zero-order chi connectivity index (χ0) is 12.7. The summed E-state index contributed by atoms with van der Waals surface area (Å²) in [4.78, 5) is 25.1. The second-order valence-corrected chi connectivity index (χ2v) is 4.94. The van der Waals surface area contributed by atoms with Crippen molar-refractivity contribution in [3.8, 4) is 0 Å². The van der Waals surface area contributed by atoms with E-state index >= 15 is 0 Å². The number of carbonyl (C=O) groups excluding carboxylic acids is 1. The molecule has 1 N–H and O–H groups in total. The van der Waals surface area contributed by atoms with Crippen molar-refractivity contribution in [1.29, 1.82) is 5.41 Å². The number of fused-ring (bicyclic) bond motifs is 1. The lowest BCUT2D eigenvalue weighted by Gasteiger charge is -2.34. The molecule has 0 radical (unpaired) electrons. The number of amides is 1. The second-order valence-electron chi connectivity index (χ2n) is 4.07. The third kappa shape index (κ3) is 1.95. The highest BCUT2D eigenvalue weighted by Gasteiger charge is 2.37. The predicted molar refractivity (Wildman–Crippen MR) is 70.4 cm³/mol. The van der Waals surface area contributed by atoms with Gasteiger partial charge in [0.15, 0.2) is 10.8 Å². The van der Waals surface area contributed by atoms with Crippen LogP contribution in [0.15, 0.2) is 15.0 Å². The van der Waals surface area contributed by atoms with Gasteiger partial charge in [-0.15, -0.1) is 0 Å². The van der Waals surface area contributed by atoms with E-state index in [4.69, 9.17) is 5.41 Å². The number of hydrogen-bond acceptors (Lipinski definition) is 3. The lowest BCUT2D eigenvalue weighted by atomic mass is 10.1. The molecule has 2 rings (SSSR count). The Kier molecular flexibility index (Phi) is 2.94. The topological polar surface area (TPSA) is 81.2 Å². The molecule has 1 amide bonds. The molecule has 0 aromatic rings. The normalized spacial score (nSPS) is 24.4. The Morgan fingerprint density at radius 1 is 1.41 bits per heavy atom. The number of alkyl halides is 1. The average Bonchev–Trinajstić information content (AvgIpc) is 2.20. The summed E-state index contributed by atoms with van der Waals surface area (Å²) in [5.41, 5.74) is 1.19. The maximum absolute atomic E-state index is 12.0. The van der Waals surface area contributed by atoms with Gasteiger partial charge in [0.25, 0.3) is 5.91 Å². The number of hydrogen-bond donors (Lipinski definition) is 1. The number of rotatable bonds is 1. The minimum atomic E-state index is -0.601. The summed E-state index contributed by atoms with van der Waals surface area (Å²) >= 11 is 3.22. The number of nitrogens with zero attached hydrogens (tertiary/aromatic N) is 4. The molecule has 0 aromatic carbocycles. The molecule has 0 spiro atoms. The smallest absolute Gasteiger partial charge is 0.264 e. The van der Waals surface area contributed by atoms with E-state index in [-0.39, 0.29) is 17.9 Å². The van der Waals surface area contributed by atoms with Gasteiger partial charge in [-0.05, 0) is 20.8 Å². The zero-order valence-electron chi connectivity index (χ0n) is 9.73. The van der Waals surface area contributed by atoms with Crippen LogP contribution < -0.4 is 0 Å². The van der Waals surface area contributed by atoms with Gasteiger partial charge in [0.1, 0.15) is 5.71 Å². The molecule has 0 aromatic heterocycles. The molecule has 7 heteroatoms. The first-order valence-corrected chi connectivity index (χ1v) is 6.11. The van der Waals surface area contributed by atoms with Crippen LogP contribution in [0, 0.1) is 5.41 Å². The fourth-order valence-corrected chi connectivity index (χ4v) is 2.18. The molecule has 6 nitrogen and oxygen atoms in total. The first-order valence-electron chi connectivity index (χ1n) is 5.20. The van der Waals surface area contributed by atoms with E-state index in [9.17, 15) is 4.79 Å². The van der Waals surface area contributed by atoms with Gasteiger partial charge < -0.3 is 0 Å². The van der Waals surface area contributed by atoms with Crippen LogP contribution in [0.5, 0.6) is 0 Å². The van der Waals surface area contributed by atoms with E-state index in [1.54, 1.807) is 11.8 Å². The van der Waals surface area contributed by atoms with E-state index in [1.807, 2.05) is 13.8 Å². The van der Waals surface area contributed by atoms with Gasteiger partial charge in [0.05, 0.1) is 5.71 Å². The molecule has 90 valence electrons. The number of carbonyl (C=O) groups is 1. The Balaban J connectivity index is 2.57. The first kappa shape index (κ1) is 12.1. The van der Waals surface area contributed by atoms with Gasteiger partial charge in [0, 0.05) is 6.04 Å². The fraction of sp³-hybridized carbons (Fsp3) is 0.500. The number of nitrogens with one attached hydrogen (secondary N) is 1. The second kappa shape index (κ2) is 4.14. The molecule has 0 saturated heterocycles. The van der Waals surface area contributed by atoms with Crippen molar-refractivity contribution in [2.24, 2.45) is 15.0 Å². The Labute approximate surface area is 107 Å². The Morgan fingerprint density at radius 3 is 2.65 bits per heavy atom. The molecule has 2 heterocycles. The summed E-state index contributed by atoms with van der Waals surface area (Å²) in [6.45, 7) is 5.55. The van der Waals surface area contributed by atoms with Crippen molar-refractivity contribution in [3.05, 3.63) is 0 Å². The predicted octanol–water partition coefficient (Wildman–Crippen LogP) is 1.21. The summed E-state index contributed by atoms with van der Waals surface area (Å²) in [6, 6.07) is -0.0366. The van der Waals surface area contributed by atoms with Crippen LogP contribution in [0.1, 0.15) is 20.8 Å². The number of aliphatic imine (C=N–C) groups is 3. The van der Waals surface area contributed by atoms with Crippen molar-refractivity contribution < 1.29 is 4.79 Å². The Bertz CT molecular complexity index is 491. The average molecular weight is 298 g/mol. The molecular weight excluding hydrogens is 286 g/mol. The van der Waals surface area contributed by atoms with Crippen LogP contribution >= 0.6 is 15.9 Å². The first-order chi connectivity index (χ1) is 7.91. The van der Waals surface area contributed by atoms with Gasteiger partial charge in [-0.2, -0.15) is 4.99 Å². The number of halogens is 1. The van der Waals surface area contributed by atoms with Gasteiger partial charge in [0.2, 0.25) is 5.96 Å². The summed E-state index contributed by atoms with van der Waals surface area (Å²) in [5.74, 6) is 0.172. The van der Waals surface area contributed by atoms with E-state index < -0.39 is 4.95 Å². The molecule has 0 aliphatic carbocycles. The zero-order valence-corrected chi connectivity index (χ0v) is 11.3. The van der Waals surface area contributed by atoms with Gasteiger partial charge in [-0.25, -0.2) is 4.99 Å². The lowest BCUT2D eigenvalue weighted by Crippen LogP contribution is -2.54. The third-order valence-electron chi connectivity index (χ3n) is 2.47. The van der Waals surface area contributed by atoms with E-state index in [0.29, 0.717) is 17.3 Å². The standard InChI is InChI=1S/C10H12BrN5O/c1-4(2)16-8-6(14-7(11)9(16)17)5(3)13-10(12)15-8/h4,7,12H,1-3H3. The van der Waals surface area contributed by atoms with Crippen LogP contribution in [0.2, 0.25) is 0 Å². The van der Waals surface area contributed by atoms with Crippen molar-refractivity contribution in [2.75, 3.05) is 0 Å². The summed E-state index contributed by atoms with van der Waals surface area (Å²) in [6.07, 6.45) is 0. The maximum atomic E-state index is 12.0. The lowest BCUT2D eigenvalue weighted by molar-refractivity contribution is -0.127. The van der Waals surface area contributed by atoms with Crippen LogP contribution in [0.4, 0.5) is 0 Å². The maximum Gasteiger partial charge on any atom is 0.264 e. The molecule has 17 heavy (non-hydrogen) atoms. The number of guanidine groups is 1. The highest BCUT2D eigenvalue weighted by atomic mass is 79.9. The van der Waals surface area contributed by atoms with Gasteiger partial charge in [-0.3, -0.25) is 20.1 Å². The molecule has 2 aliphatic rings. The van der Waals surface area contributed by atoms with Crippen LogP contribution in [0.25, 0.3) is 0 Å². The minimum absolute atomic E-state index is 0.0366. The summed E-state index contributed by atoms with van der Waals surface area (Å²) in [7, 11) is 0. The third-order valence-corrected chi connectivity index (χ3v) is 3.06. The molecule has 0 fully saturated rings. The largest absolute Gasteiger partial charge is 0.290 e. The van der Waals surface area contributed by atoms with Crippen LogP contribution in [-0.2, 0) is 4.79 Å². The minimum Gasteiger partial charge on any atom is -0.290 e. The fourth-order valence-electron chi connectivity index (χ4n) is 1.76. The van der Waals surface area contributed by atoms with Crippen LogP contribution in [0.3, 0.4) is 0 Å². The molecule has 1 atom stereocenters. The molecule has 0 saturated carbocycles. The van der Waals surface area contributed by atoms with Crippen molar-refractivity contribution in [2.45, 2.75) is 31.8 Å². The molecule has 0 bridgehead atoms. The van der Waals surface area contributed by atoms with E-state index in [1.165, 1.54) is 0 Å². The SMILES string of the molecule is CC1=NC(=N)N=C2C1=NC(Br)C(=O)N2C(C)C. The summed E-state index contributed by atoms with van der Waals surface area (Å²) in [5, 5.41) is 7.51. The highest BCUT2D eigenvalue weighted by molar-refractivity contribution is 9.10. The summed E-state index contributed by atoms with van der Waals surface area (Å²) < 4.78 is 0. The highest BCUT2D eigenvalue weighted by Crippen LogP contribution is 2.20. The van der Waals surface area contributed by atoms with E-state index in [0.717, 1.165) is 0 Å². The van der Waals surface area contributed by atoms with Crippen molar-refractivity contribution in [1.82, 2.24) is 4.90 Å². The van der Waals surface area contributed by atoms with Gasteiger partial charge >= 0.3 is 0 Å². The Morgan fingerprint density at radius 2 is 2.06 bits per heavy atom. The van der Waals surface area contributed by atoms with Gasteiger partial charge in [-0.1, -0.05) is 15.9 Å². The molecular formula is C10H12BrN5O. The van der Waals surface area contributed by atoms with Crippen molar-refractivity contribution in [3.63, 3.8) is 0 Å². The van der Waals surface area contributed by atoms with Crippen molar-refractivity contribution >= 4 is 45.1 Å². The Hall–Kier alpha value is -1.37. The number of amidine groups is 1. The molecule has 2 aliphatic heterocycles. The monoisotopic (exact) mass is 297 g/mol. The van der Waals surface area contributed by atoms with E-state index in [2.05, 4.69) is 30.9 Å². The molecule has 1 unspecified atom stereocenters. The quantitative estimate of drug-likeness (QED) is 0.573.